The minimum absolute atomic E-state index is 0.219. The van der Waals surface area contributed by atoms with Crippen molar-refractivity contribution in [2.45, 2.75) is 49.8 Å². The maximum atomic E-state index is 10.4. The first kappa shape index (κ1) is 21.3. The summed E-state index contributed by atoms with van der Waals surface area (Å²) in [6.45, 7) is 3.91. The van der Waals surface area contributed by atoms with E-state index in [9.17, 15) is 5.11 Å². The quantitative estimate of drug-likeness (QED) is 0.591. The van der Waals surface area contributed by atoms with Crippen LogP contribution >= 0.6 is 0 Å². The summed E-state index contributed by atoms with van der Waals surface area (Å²) in [5.74, 6) is -0.770. The first-order chi connectivity index (χ1) is 15.5. The van der Waals surface area contributed by atoms with Crippen LogP contribution in [0.1, 0.15) is 30.5 Å². The van der Waals surface area contributed by atoms with Crippen molar-refractivity contribution >= 4 is 0 Å². The molecular weight excluding hydrogens is 404 g/mol. The monoisotopic (exact) mass is 432 g/mol. The summed E-state index contributed by atoms with van der Waals surface area (Å²) in [6.07, 6.45) is -2.44. The van der Waals surface area contributed by atoms with Crippen LogP contribution in [-0.4, -0.2) is 42.1 Å². The molecule has 2 heterocycles. The van der Waals surface area contributed by atoms with E-state index in [2.05, 4.69) is 36.4 Å². The molecule has 0 spiro atoms. The zero-order chi connectivity index (χ0) is 22.2. The van der Waals surface area contributed by atoms with Gasteiger partial charge >= 0.3 is 0 Å². The molecule has 2 aliphatic rings. The van der Waals surface area contributed by atoms with Crippen molar-refractivity contribution < 1.29 is 24.1 Å². The normalized spacial score (nSPS) is 26.7. The predicted octanol–water partition coefficient (Wildman–Crippen LogP) is 4.23. The molecule has 0 saturated carbocycles. The van der Waals surface area contributed by atoms with Gasteiger partial charge in [-0.2, -0.15) is 0 Å². The average Bonchev–Trinajstić information content (AvgIpc) is 3.29. The van der Waals surface area contributed by atoms with E-state index in [1.165, 1.54) is 0 Å². The molecule has 1 unspecified atom stereocenters. The van der Waals surface area contributed by atoms with Crippen molar-refractivity contribution in [1.29, 1.82) is 0 Å². The van der Waals surface area contributed by atoms with E-state index in [1.807, 2.05) is 68.4 Å². The first-order valence-electron chi connectivity index (χ1n) is 11.0. The maximum Gasteiger partial charge on any atom is 0.184 e. The zero-order valence-corrected chi connectivity index (χ0v) is 18.3. The number of fused-ring (bicyclic) bond motifs is 1. The number of hydrogen-bond acceptors (Lipinski definition) is 5. The number of ether oxygens (including phenoxy) is 4. The van der Waals surface area contributed by atoms with Gasteiger partial charge in [-0.3, -0.25) is 0 Å². The maximum absolute atomic E-state index is 10.4. The molecular formula is C27H28O5. The summed E-state index contributed by atoms with van der Waals surface area (Å²) in [6, 6.07) is 30.5. The van der Waals surface area contributed by atoms with E-state index in [-0.39, 0.29) is 6.61 Å². The van der Waals surface area contributed by atoms with Crippen LogP contribution < -0.4 is 0 Å². The van der Waals surface area contributed by atoms with Gasteiger partial charge in [-0.1, -0.05) is 91.0 Å². The summed E-state index contributed by atoms with van der Waals surface area (Å²) >= 11 is 0. The summed E-state index contributed by atoms with van der Waals surface area (Å²) in [4.78, 5) is 0. The number of benzene rings is 3. The number of hydrogen-bond donors (Lipinski definition) is 1. The Bertz CT molecular complexity index is 925. The Labute approximate surface area is 188 Å². The Morgan fingerprint density at radius 1 is 0.750 bits per heavy atom. The lowest BCUT2D eigenvalue weighted by Gasteiger charge is -2.37. The Hall–Kier alpha value is -2.54. The second-order valence-electron chi connectivity index (χ2n) is 8.72. The smallest absolute Gasteiger partial charge is 0.184 e. The summed E-state index contributed by atoms with van der Waals surface area (Å²) in [5, 5.41) is 10.4. The highest BCUT2D eigenvalue weighted by molar-refractivity contribution is 5.47. The van der Waals surface area contributed by atoms with Gasteiger partial charge in [0.2, 0.25) is 0 Å². The van der Waals surface area contributed by atoms with Gasteiger partial charge in [-0.25, -0.2) is 0 Å². The highest BCUT2D eigenvalue weighted by Gasteiger charge is 2.55. The Morgan fingerprint density at radius 3 is 1.66 bits per heavy atom. The largest absolute Gasteiger partial charge is 0.366 e. The fourth-order valence-corrected chi connectivity index (χ4v) is 4.77. The van der Waals surface area contributed by atoms with Crippen LogP contribution in [0.3, 0.4) is 0 Å². The van der Waals surface area contributed by atoms with Gasteiger partial charge in [0.25, 0.3) is 0 Å². The predicted molar refractivity (Wildman–Crippen MR) is 120 cm³/mol. The molecule has 32 heavy (non-hydrogen) atoms. The van der Waals surface area contributed by atoms with Gasteiger partial charge in [0, 0.05) is 0 Å². The van der Waals surface area contributed by atoms with Crippen molar-refractivity contribution in [2.24, 2.45) is 0 Å². The summed E-state index contributed by atoms with van der Waals surface area (Å²) < 4.78 is 24.5. The molecule has 5 nitrogen and oxygen atoms in total. The van der Waals surface area contributed by atoms with Gasteiger partial charge in [0.05, 0.1) is 6.61 Å². The van der Waals surface area contributed by atoms with Gasteiger partial charge in [0.15, 0.2) is 12.1 Å². The fourth-order valence-electron chi connectivity index (χ4n) is 4.77. The molecule has 5 heteroatoms. The molecule has 2 aliphatic heterocycles. The third-order valence-electron chi connectivity index (χ3n) is 6.13. The van der Waals surface area contributed by atoms with Gasteiger partial charge in [-0.05, 0) is 30.5 Å². The van der Waals surface area contributed by atoms with E-state index >= 15 is 0 Å². The SMILES string of the molecule is CC1(C)O[C@@H]2[C@H](O1)C(O)O[C@@H]2COC(c1ccccc1)(c1ccccc1)c1ccccc1. The summed E-state index contributed by atoms with van der Waals surface area (Å²) in [7, 11) is 0. The second-order valence-corrected chi connectivity index (χ2v) is 8.72. The van der Waals surface area contributed by atoms with Crippen molar-refractivity contribution in [3.63, 3.8) is 0 Å². The van der Waals surface area contributed by atoms with E-state index in [0.29, 0.717) is 0 Å². The molecule has 2 saturated heterocycles. The third kappa shape index (κ3) is 3.76. The second kappa shape index (κ2) is 8.43. The van der Waals surface area contributed by atoms with Crippen LogP contribution in [0.25, 0.3) is 0 Å². The number of aliphatic hydroxyl groups excluding tert-OH is 1. The van der Waals surface area contributed by atoms with Crippen LogP contribution in [0.15, 0.2) is 91.0 Å². The summed E-state index contributed by atoms with van der Waals surface area (Å²) in [5.41, 5.74) is 2.18. The topological polar surface area (TPSA) is 57.2 Å². The van der Waals surface area contributed by atoms with Crippen molar-refractivity contribution in [1.82, 2.24) is 0 Å². The standard InChI is InChI=1S/C27H28O5/c1-26(2)31-23-22(30-25(28)24(23)32-26)18-29-27(19-12-6-3-7-13-19,20-14-8-4-9-15-20)21-16-10-5-11-17-21/h3-17,22-25,28H,18H2,1-2H3/t22-,23+,24+,25?/m1/s1. The van der Waals surface area contributed by atoms with Crippen molar-refractivity contribution in [3.8, 4) is 0 Å². The molecule has 0 amide bonds. The lowest BCUT2D eigenvalue weighted by atomic mass is 9.80. The van der Waals surface area contributed by atoms with Crippen molar-refractivity contribution in [2.75, 3.05) is 6.61 Å². The Morgan fingerprint density at radius 2 is 1.19 bits per heavy atom. The first-order valence-corrected chi connectivity index (χ1v) is 11.0. The molecule has 4 atom stereocenters. The fraction of sp³-hybridized carbons (Fsp3) is 0.333. The number of aliphatic hydroxyl groups is 1. The van der Waals surface area contributed by atoms with E-state index in [1.54, 1.807) is 0 Å². The minimum Gasteiger partial charge on any atom is -0.366 e. The Kier molecular flexibility index (Phi) is 5.61. The van der Waals surface area contributed by atoms with Gasteiger partial charge < -0.3 is 24.1 Å². The molecule has 2 fully saturated rings. The van der Waals surface area contributed by atoms with Crippen LogP contribution in [0.5, 0.6) is 0 Å². The molecule has 3 aromatic carbocycles. The molecule has 1 N–H and O–H groups in total. The molecule has 5 rings (SSSR count). The van der Waals surface area contributed by atoms with Gasteiger partial charge in [-0.15, -0.1) is 0 Å². The average molecular weight is 433 g/mol. The van der Waals surface area contributed by atoms with Crippen LogP contribution in [-0.2, 0) is 24.5 Å². The molecule has 166 valence electrons. The third-order valence-corrected chi connectivity index (χ3v) is 6.13. The van der Waals surface area contributed by atoms with Crippen LogP contribution in [0.2, 0.25) is 0 Å². The molecule has 0 aromatic heterocycles. The van der Waals surface area contributed by atoms with E-state index < -0.39 is 36.0 Å². The highest BCUT2D eigenvalue weighted by Crippen LogP contribution is 2.43. The van der Waals surface area contributed by atoms with Crippen LogP contribution in [0.4, 0.5) is 0 Å². The Balaban J connectivity index is 1.55. The lowest BCUT2D eigenvalue weighted by molar-refractivity contribution is -0.227. The van der Waals surface area contributed by atoms with Crippen molar-refractivity contribution in [3.05, 3.63) is 108 Å². The van der Waals surface area contributed by atoms with E-state index in [4.69, 9.17) is 18.9 Å². The van der Waals surface area contributed by atoms with Gasteiger partial charge in [0.1, 0.15) is 23.9 Å². The van der Waals surface area contributed by atoms with Crippen LogP contribution in [0, 0.1) is 0 Å². The molecule has 3 aromatic rings. The highest BCUT2D eigenvalue weighted by atomic mass is 16.8. The minimum atomic E-state index is -1.05. The number of rotatable bonds is 6. The van der Waals surface area contributed by atoms with E-state index in [0.717, 1.165) is 16.7 Å². The molecule has 0 radical (unpaired) electrons. The molecule has 0 aliphatic carbocycles. The zero-order valence-electron chi connectivity index (χ0n) is 18.3. The molecule has 0 bridgehead atoms. The lowest BCUT2D eigenvalue weighted by Crippen LogP contribution is -2.39.